The maximum absolute atomic E-state index is 12.3. The van der Waals surface area contributed by atoms with Crippen molar-refractivity contribution >= 4 is 17.4 Å². The fraction of sp³-hybridized carbons (Fsp3) is 0.667. The molecule has 1 aliphatic carbocycles. The second-order valence-electron chi connectivity index (χ2n) is 4.79. The second kappa shape index (κ2) is 4.58. The van der Waals surface area contributed by atoms with E-state index in [1.54, 1.807) is 17.9 Å². The number of aromatic nitrogens is 2. The lowest BCUT2D eigenvalue weighted by Gasteiger charge is -2.25. The molecule has 0 aliphatic heterocycles. The van der Waals surface area contributed by atoms with Gasteiger partial charge in [-0.3, -0.25) is 9.48 Å². The molecule has 1 aromatic heterocycles. The van der Waals surface area contributed by atoms with E-state index in [0.717, 1.165) is 31.6 Å². The minimum absolute atomic E-state index is 0.143. The number of carbonyl (C=O) groups is 1. The Morgan fingerprint density at radius 1 is 1.44 bits per heavy atom. The molecule has 0 unspecified atom stereocenters. The molecule has 0 amide bonds. The zero-order valence-corrected chi connectivity index (χ0v) is 10.5. The van der Waals surface area contributed by atoms with Gasteiger partial charge in [0.05, 0.1) is 11.2 Å². The smallest absolute Gasteiger partial charge is 0.185 e. The van der Waals surface area contributed by atoms with Crippen LogP contribution >= 0.6 is 11.6 Å². The van der Waals surface area contributed by atoms with Gasteiger partial charge in [-0.1, -0.05) is 31.4 Å². The summed E-state index contributed by atoms with van der Waals surface area (Å²) in [5.74, 6) is 1.06. The van der Waals surface area contributed by atoms with Crippen molar-refractivity contribution in [3.05, 3.63) is 16.9 Å². The fourth-order valence-corrected chi connectivity index (χ4v) is 2.66. The lowest BCUT2D eigenvalue weighted by Crippen LogP contribution is -2.23. The maximum atomic E-state index is 12.3. The summed E-state index contributed by atoms with van der Waals surface area (Å²) < 4.78 is 1.59. The van der Waals surface area contributed by atoms with Crippen molar-refractivity contribution < 1.29 is 4.79 Å². The van der Waals surface area contributed by atoms with Crippen LogP contribution in [0.25, 0.3) is 0 Å². The van der Waals surface area contributed by atoms with E-state index in [2.05, 4.69) is 12.0 Å². The minimum atomic E-state index is 0.143. The zero-order chi connectivity index (χ0) is 11.7. The van der Waals surface area contributed by atoms with Crippen molar-refractivity contribution in [2.24, 2.45) is 18.9 Å². The Kier molecular flexibility index (Phi) is 3.33. The molecule has 1 aliphatic rings. The number of rotatable bonds is 2. The third-order valence-electron chi connectivity index (χ3n) is 3.51. The summed E-state index contributed by atoms with van der Waals surface area (Å²) >= 11 is 5.98. The van der Waals surface area contributed by atoms with E-state index in [9.17, 15) is 4.79 Å². The fourth-order valence-electron chi connectivity index (χ4n) is 2.40. The Labute approximate surface area is 101 Å². The first-order valence-corrected chi connectivity index (χ1v) is 6.19. The lowest BCUT2D eigenvalue weighted by molar-refractivity contribution is 0.0866. The Hall–Kier alpha value is -0.830. The average molecular weight is 241 g/mol. The van der Waals surface area contributed by atoms with Crippen LogP contribution in [0.2, 0.25) is 5.02 Å². The van der Waals surface area contributed by atoms with Crippen LogP contribution in [0, 0.1) is 11.8 Å². The number of halogens is 1. The zero-order valence-electron chi connectivity index (χ0n) is 9.74. The Balaban J connectivity index is 2.14. The van der Waals surface area contributed by atoms with Crippen molar-refractivity contribution in [3.63, 3.8) is 0 Å². The van der Waals surface area contributed by atoms with Crippen LogP contribution in [0.1, 0.15) is 43.1 Å². The number of ketones is 1. The highest BCUT2D eigenvalue weighted by atomic mass is 35.5. The van der Waals surface area contributed by atoms with Gasteiger partial charge >= 0.3 is 0 Å². The van der Waals surface area contributed by atoms with Crippen molar-refractivity contribution in [2.75, 3.05) is 0 Å². The van der Waals surface area contributed by atoms with E-state index >= 15 is 0 Å². The SMILES string of the molecule is CC1CCC(C(=O)c2c(Cl)cnn2C)CC1. The third kappa shape index (κ3) is 2.14. The van der Waals surface area contributed by atoms with Crippen molar-refractivity contribution in [3.8, 4) is 0 Å². The molecule has 0 bridgehead atoms. The molecule has 16 heavy (non-hydrogen) atoms. The van der Waals surface area contributed by atoms with E-state index in [4.69, 9.17) is 11.6 Å². The molecule has 0 N–H and O–H groups in total. The van der Waals surface area contributed by atoms with E-state index < -0.39 is 0 Å². The first-order valence-electron chi connectivity index (χ1n) is 5.81. The second-order valence-corrected chi connectivity index (χ2v) is 5.19. The molecule has 1 saturated carbocycles. The quantitative estimate of drug-likeness (QED) is 0.745. The Morgan fingerprint density at radius 2 is 2.06 bits per heavy atom. The van der Waals surface area contributed by atoms with Crippen LogP contribution in [-0.2, 0) is 7.05 Å². The highest BCUT2D eigenvalue weighted by Crippen LogP contribution is 2.31. The summed E-state index contributed by atoms with van der Waals surface area (Å²) in [5.41, 5.74) is 0.571. The van der Waals surface area contributed by atoms with Crippen LogP contribution < -0.4 is 0 Å². The summed E-state index contributed by atoms with van der Waals surface area (Å²) in [6.45, 7) is 2.25. The predicted molar refractivity (Wildman–Crippen MR) is 63.7 cm³/mol. The van der Waals surface area contributed by atoms with Crippen molar-refractivity contribution in [1.82, 2.24) is 9.78 Å². The van der Waals surface area contributed by atoms with E-state index in [0.29, 0.717) is 10.7 Å². The first kappa shape index (κ1) is 11.6. The number of hydrogen-bond acceptors (Lipinski definition) is 2. The first-order chi connectivity index (χ1) is 7.59. The molecule has 1 fully saturated rings. The van der Waals surface area contributed by atoms with Crippen LogP contribution in [0.4, 0.5) is 0 Å². The molecule has 2 rings (SSSR count). The number of aryl methyl sites for hydroxylation is 1. The molecule has 0 radical (unpaired) electrons. The van der Waals surface area contributed by atoms with Crippen LogP contribution in [0.3, 0.4) is 0 Å². The van der Waals surface area contributed by atoms with E-state index in [-0.39, 0.29) is 11.7 Å². The van der Waals surface area contributed by atoms with E-state index in [1.807, 2.05) is 0 Å². The lowest BCUT2D eigenvalue weighted by atomic mass is 9.80. The summed E-state index contributed by atoms with van der Waals surface area (Å²) in [7, 11) is 1.77. The largest absolute Gasteiger partial charge is 0.292 e. The highest BCUT2D eigenvalue weighted by molar-refractivity contribution is 6.33. The molecule has 88 valence electrons. The number of Topliss-reactive ketones (excluding diaryl/α,β-unsaturated/α-hetero) is 1. The standard InChI is InChI=1S/C12H17ClN2O/c1-8-3-5-9(6-4-8)12(16)11-10(13)7-14-15(11)2/h7-9H,3-6H2,1-2H3. The van der Waals surface area contributed by atoms with Crippen LogP contribution in [0.5, 0.6) is 0 Å². The van der Waals surface area contributed by atoms with Crippen molar-refractivity contribution in [1.29, 1.82) is 0 Å². The van der Waals surface area contributed by atoms with Gasteiger partial charge in [-0.25, -0.2) is 0 Å². The van der Waals surface area contributed by atoms with Gasteiger partial charge in [0.2, 0.25) is 0 Å². The number of carbonyl (C=O) groups excluding carboxylic acids is 1. The average Bonchev–Trinajstić information content (AvgIpc) is 2.59. The van der Waals surface area contributed by atoms with Gasteiger partial charge in [-0.2, -0.15) is 5.10 Å². The number of nitrogens with zero attached hydrogens (tertiary/aromatic N) is 2. The molecule has 1 aromatic rings. The van der Waals surface area contributed by atoms with Gasteiger partial charge in [-0.05, 0) is 18.8 Å². The van der Waals surface area contributed by atoms with Gasteiger partial charge in [0.25, 0.3) is 0 Å². The van der Waals surface area contributed by atoms with Gasteiger partial charge in [0, 0.05) is 13.0 Å². The molecule has 0 aromatic carbocycles. The summed E-state index contributed by atoms with van der Waals surface area (Å²) in [5, 5.41) is 4.49. The molecular weight excluding hydrogens is 224 g/mol. The normalized spacial score (nSPS) is 25.7. The van der Waals surface area contributed by atoms with E-state index in [1.165, 1.54) is 0 Å². The molecule has 1 heterocycles. The van der Waals surface area contributed by atoms with Crippen LogP contribution in [0.15, 0.2) is 6.20 Å². The van der Waals surface area contributed by atoms with Crippen molar-refractivity contribution in [2.45, 2.75) is 32.6 Å². The molecule has 3 nitrogen and oxygen atoms in total. The monoisotopic (exact) mass is 240 g/mol. The van der Waals surface area contributed by atoms with Gasteiger partial charge < -0.3 is 0 Å². The Bertz CT molecular complexity index is 372. The molecule has 0 saturated heterocycles. The van der Waals surface area contributed by atoms with Crippen LogP contribution in [-0.4, -0.2) is 15.6 Å². The van der Waals surface area contributed by atoms with Gasteiger partial charge in [0.1, 0.15) is 5.69 Å². The highest BCUT2D eigenvalue weighted by Gasteiger charge is 2.28. The molecular formula is C12H17ClN2O. The third-order valence-corrected chi connectivity index (χ3v) is 3.79. The number of hydrogen-bond donors (Lipinski definition) is 0. The summed E-state index contributed by atoms with van der Waals surface area (Å²) in [4.78, 5) is 12.3. The molecule has 4 heteroatoms. The molecule has 0 spiro atoms. The minimum Gasteiger partial charge on any atom is -0.292 e. The Morgan fingerprint density at radius 3 is 2.56 bits per heavy atom. The predicted octanol–water partition coefficient (Wildman–Crippen LogP) is 3.08. The molecule has 0 atom stereocenters. The van der Waals surface area contributed by atoms with Gasteiger partial charge in [0.15, 0.2) is 5.78 Å². The van der Waals surface area contributed by atoms with Gasteiger partial charge in [-0.15, -0.1) is 0 Å². The summed E-state index contributed by atoms with van der Waals surface area (Å²) in [6.07, 6.45) is 5.81. The topological polar surface area (TPSA) is 34.9 Å². The summed E-state index contributed by atoms with van der Waals surface area (Å²) in [6, 6.07) is 0. The maximum Gasteiger partial charge on any atom is 0.185 e.